The number of hydrogen-bond acceptors (Lipinski definition) is 4. The van der Waals surface area contributed by atoms with E-state index in [1.165, 1.54) is 12.8 Å². The van der Waals surface area contributed by atoms with Crippen LogP contribution in [0.4, 0.5) is 13.2 Å². The van der Waals surface area contributed by atoms with E-state index in [2.05, 4.69) is 19.6 Å². The number of nitrogens with zero attached hydrogens (tertiary/aromatic N) is 3. The van der Waals surface area contributed by atoms with Crippen LogP contribution in [0.5, 0.6) is 0 Å². The zero-order valence-corrected chi connectivity index (χ0v) is 13.1. The van der Waals surface area contributed by atoms with Gasteiger partial charge < -0.3 is 4.52 Å². The highest BCUT2D eigenvalue weighted by Crippen LogP contribution is 2.33. The monoisotopic (exact) mass is 345 g/mol. The van der Waals surface area contributed by atoms with Crippen molar-refractivity contribution in [3.63, 3.8) is 0 Å². The predicted octanol–water partition coefficient (Wildman–Crippen LogP) is 4.77. The van der Waals surface area contributed by atoms with Crippen LogP contribution in [0.25, 0.3) is 22.5 Å². The number of aromatic nitrogens is 3. The van der Waals surface area contributed by atoms with Crippen molar-refractivity contribution in [1.29, 1.82) is 0 Å². The standard InChI is InChI=1S/C18H14F3N3O/c19-18(20,21)17-23-16(24-25-17)13-5-3-12(4-6-13)14-7-8-15(22-10-14)9-11-1-2-11/h3-8,10-11H,1-2,9H2. The number of hydrogen-bond donors (Lipinski definition) is 0. The van der Waals surface area contributed by atoms with Gasteiger partial charge in [-0.05, 0) is 36.8 Å². The highest BCUT2D eigenvalue weighted by Gasteiger charge is 2.38. The lowest BCUT2D eigenvalue weighted by Crippen LogP contribution is -2.04. The molecule has 3 aromatic rings. The summed E-state index contributed by atoms with van der Waals surface area (Å²) in [7, 11) is 0. The summed E-state index contributed by atoms with van der Waals surface area (Å²) in [5, 5.41) is 3.38. The maximum Gasteiger partial charge on any atom is 0.471 e. The van der Waals surface area contributed by atoms with Gasteiger partial charge in [-0.25, -0.2) is 0 Å². The Hall–Kier alpha value is -2.70. The SMILES string of the molecule is FC(F)(F)c1nc(-c2ccc(-c3ccc(CC4CC4)nc3)cc2)no1. The molecule has 1 saturated carbocycles. The van der Waals surface area contributed by atoms with E-state index in [1.54, 1.807) is 24.3 Å². The smallest absolute Gasteiger partial charge is 0.329 e. The van der Waals surface area contributed by atoms with Crippen molar-refractivity contribution in [2.75, 3.05) is 0 Å². The van der Waals surface area contributed by atoms with Crippen molar-refractivity contribution in [3.8, 4) is 22.5 Å². The van der Waals surface area contributed by atoms with Gasteiger partial charge in [-0.2, -0.15) is 18.2 Å². The van der Waals surface area contributed by atoms with Crippen LogP contribution in [0.1, 0.15) is 24.4 Å². The molecule has 0 spiro atoms. The number of pyridine rings is 1. The summed E-state index contributed by atoms with van der Waals surface area (Å²) >= 11 is 0. The van der Waals surface area contributed by atoms with E-state index in [0.717, 1.165) is 29.2 Å². The fourth-order valence-corrected chi connectivity index (χ4v) is 2.60. The third-order valence-corrected chi connectivity index (χ3v) is 4.16. The number of halogens is 3. The lowest BCUT2D eigenvalue weighted by Gasteiger charge is -2.04. The summed E-state index contributed by atoms with van der Waals surface area (Å²) in [4.78, 5) is 7.87. The summed E-state index contributed by atoms with van der Waals surface area (Å²) < 4.78 is 41.8. The molecule has 0 bridgehead atoms. The van der Waals surface area contributed by atoms with Gasteiger partial charge in [-0.1, -0.05) is 35.5 Å². The minimum atomic E-state index is -4.64. The zero-order valence-electron chi connectivity index (χ0n) is 13.1. The Morgan fingerprint density at radius 3 is 2.20 bits per heavy atom. The van der Waals surface area contributed by atoms with Gasteiger partial charge in [0.2, 0.25) is 5.82 Å². The highest BCUT2D eigenvalue weighted by atomic mass is 19.4. The van der Waals surface area contributed by atoms with Crippen LogP contribution >= 0.6 is 0 Å². The van der Waals surface area contributed by atoms with Crippen molar-refractivity contribution in [1.82, 2.24) is 15.1 Å². The Labute approximate surface area is 141 Å². The normalized spacial score (nSPS) is 14.7. The van der Waals surface area contributed by atoms with Crippen LogP contribution in [0.3, 0.4) is 0 Å². The minimum Gasteiger partial charge on any atom is -0.329 e. The Morgan fingerprint density at radius 1 is 0.960 bits per heavy atom. The van der Waals surface area contributed by atoms with Crippen molar-refractivity contribution < 1.29 is 17.7 Å². The van der Waals surface area contributed by atoms with E-state index in [0.29, 0.717) is 5.56 Å². The summed E-state index contributed by atoms with van der Waals surface area (Å²) in [6, 6.07) is 11.0. The number of benzene rings is 1. The van der Waals surface area contributed by atoms with Crippen LogP contribution in [-0.2, 0) is 12.6 Å². The Bertz CT molecular complexity index is 866. The van der Waals surface area contributed by atoms with Crippen LogP contribution in [-0.4, -0.2) is 15.1 Å². The second-order valence-corrected chi connectivity index (χ2v) is 6.18. The molecule has 25 heavy (non-hydrogen) atoms. The van der Waals surface area contributed by atoms with Gasteiger partial charge in [0.15, 0.2) is 0 Å². The average molecular weight is 345 g/mol. The molecule has 7 heteroatoms. The van der Waals surface area contributed by atoms with Crippen LogP contribution < -0.4 is 0 Å². The molecule has 1 aliphatic rings. The molecule has 2 aromatic heterocycles. The average Bonchev–Trinajstić information content (AvgIpc) is 3.25. The third kappa shape index (κ3) is 3.55. The molecule has 0 unspecified atom stereocenters. The lowest BCUT2D eigenvalue weighted by molar-refractivity contribution is -0.159. The summed E-state index contributed by atoms with van der Waals surface area (Å²) in [6.07, 6.45) is 0.786. The summed E-state index contributed by atoms with van der Waals surface area (Å²) in [5.74, 6) is -0.645. The first-order chi connectivity index (χ1) is 12.0. The molecule has 4 nitrogen and oxygen atoms in total. The van der Waals surface area contributed by atoms with Crippen molar-refractivity contribution in [2.45, 2.75) is 25.4 Å². The molecule has 4 rings (SSSR count). The second kappa shape index (κ2) is 5.98. The lowest BCUT2D eigenvalue weighted by atomic mass is 10.0. The Balaban J connectivity index is 1.52. The summed E-state index contributed by atoms with van der Waals surface area (Å²) in [5.41, 5.74) is 3.43. The van der Waals surface area contributed by atoms with E-state index in [1.807, 2.05) is 18.3 Å². The van der Waals surface area contributed by atoms with Crippen LogP contribution in [0.15, 0.2) is 47.1 Å². The number of alkyl halides is 3. The molecule has 0 aliphatic heterocycles. The van der Waals surface area contributed by atoms with E-state index < -0.39 is 12.1 Å². The fraction of sp³-hybridized carbons (Fsp3) is 0.278. The van der Waals surface area contributed by atoms with Gasteiger partial charge in [0.05, 0.1) is 0 Å². The first-order valence-corrected chi connectivity index (χ1v) is 7.96. The summed E-state index contributed by atoms with van der Waals surface area (Å²) in [6.45, 7) is 0. The minimum absolute atomic E-state index is 0.0863. The van der Waals surface area contributed by atoms with Crippen molar-refractivity contribution >= 4 is 0 Å². The predicted molar refractivity (Wildman–Crippen MR) is 84.4 cm³/mol. The first kappa shape index (κ1) is 15.8. The van der Waals surface area contributed by atoms with Gasteiger partial charge in [-0.3, -0.25) is 4.98 Å². The molecule has 1 aromatic carbocycles. The van der Waals surface area contributed by atoms with E-state index >= 15 is 0 Å². The molecule has 0 atom stereocenters. The largest absolute Gasteiger partial charge is 0.471 e. The van der Waals surface area contributed by atoms with E-state index in [-0.39, 0.29) is 5.82 Å². The second-order valence-electron chi connectivity index (χ2n) is 6.18. The van der Waals surface area contributed by atoms with Gasteiger partial charge >= 0.3 is 12.1 Å². The Kier molecular flexibility index (Phi) is 3.78. The molecule has 0 amide bonds. The van der Waals surface area contributed by atoms with Crippen molar-refractivity contribution in [2.24, 2.45) is 5.92 Å². The maximum atomic E-state index is 12.5. The molecule has 1 aliphatic carbocycles. The van der Waals surface area contributed by atoms with Gasteiger partial charge in [-0.15, -0.1) is 0 Å². The first-order valence-electron chi connectivity index (χ1n) is 7.96. The fourth-order valence-electron chi connectivity index (χ4n) is 2.60. The number of rotatable bonds is 4. The molecule has 0 saturated heterocycles. The molecular formula is C18H14F3N3O. The van der Waals surface area contributed by atoms with E-state index in [9.17, 15) is 13.2 Å². The van der Waals surface area contributed by atoms with E-state index in [4.69, 9.17) is 0 Å². The van der Waals surface area contributed by atoms with Gasteiger partial charge in [0.25, 0.3) is 0 Å². The zero-order chi connectivity index (χ0) is 17.4. The van der Waals surface area contributed by atoms with Crippen LogP contribution in [0.2, 0.25) is 0 Å². The molecule has 2 heterocycles. The van der Waals surface area contributed by atoms with Crippen molar-refractivity contribution in [3.05, 3.63) is 54.2 Å². The molecule has 0 N–H and O–H groups in total. The molecule has 128 valence electrons. The maximum absolute atomic E-state index is 12.5. The molecule has 0 radical (unpaired) electrons. The van der Waals surface area contributed by atoms with Gasteiger partial charge in [0, 0.05) is 23.0 Å². The third-order valence-electron chi connectivity index (χ3n) is 4.16. The molecular weight excluding hydrogens is 331 g/mol. The van der Waals surface area contributed by atoms with Crippen LogP contribution in [0, 0.1) is 5.92 Å². The van der Waals surface area contributed by atoms with Gasteiger partial charge in [0.1, 0.15) is 0 Å². The topological polar surface area (TPSA) is 51.8 Å². The molecule has 1 fully saturated rings. The quantitative estimate of drug-likeness (QED) is 0.683. The highest BCUT2D eigenvalue weighted by molar-refractivity contribution is 5.67. The Morgan fingerprint density at radius 2 is 1.64 bits per heavy atom.